The molecule has 1 aliphatic carbocycles. The van der Waals surface area contributed by atoms with E-state index in [1.54, 1.807) is 20.4 Å². The van der Waals surface area contributed by atoms with E-state index in [2.05, 4.69) is 15.6 Å². The summed E-state index contributed by atoms with van der Waals surface area (Å²) in [5.41, 5.74) is 2.09. The summed E-state index contributed by atoms with van der Waals surface area (Å²) in [6, 6.07) is 15.1. The molecule has 0 spiro atoms. The number of urea groups is 1. The van der Waals surface area contributed by atoms with Crippen molar-refractivity contribution in [3.8, 4) is 11.5 Å². The van der Waals surface area contributed by atoms with Crippen LogP contribution >= 0.6 is 0 Å². The van der Waals surface area contributed by atoms with Crippen LogP contribution < -0.4 is 20.1 Å². The quantitative estimate of drug-likeness (QED) is 0.717. The molecule has 2 aromatic carbocycles. The van der Waals surface area contributed by atoms with E-state index in [4.69, 9.17) is 9.47 Å². The van der Waals surface area contributed by atoms with Gasteiger partial charge in [0.15, 0.2) is 11.5 Å². The number of nitrogens with one attached hydrogen (secondary N) is 2. The molecule has 1 aliphatic rings. The number of amides is 2. The first kappa shape index (κ1) is 17.1. The smallest absolute Gasteiger partial charge is 0.320 e. The summed E-state index contributed by atoms with van der Waals surface area (Å²) < 4.78 is 10.7. The predicted molar refractivity (Wildman–Crippen MR) is 104 cm³/mol. The second kappa shape index (κ2) is 6.79. The summed E-state index contributed by atoms with van der Waals surface area (Å²) in [5.74, 6) is 1.32. The first-order chi connectivity index (χ1) is 13.1. The normalized spacial score (nSPS) is 14.4. The molecule has 1 aromatic heterocycles. The molecule has 1 saturated carbocycles. The Morgan fingerprint density at radius 1 is 1.04 bits per heavy atom. The molecule has 2 amide bonds. The molecule has 0 aliphatic heterocycles. The van der Waals surface area contributed by atoms with Crippen molar-refractivity contribution in [1.29, 1.82) is 0 Å². The van der Waals surface area contributed by atoms with Crippen molar-refractivity contribution in [3.63, 3.8) is 0 Å². The highest BCUT2D eigenvalue weighted by Gasteiger charge is 2.46. The largest absolute Gasteiger partial charge is 0.493 e. The molecule has 6 heteroatoms. The zero-order valence-electron chi connectivity index (χ0n) is 15.3. The van der Waals surface area contributed by atoms with Crippen LogP contribution in [0.4, 0.5) is 10.5 Å². The lowest BCUT2D eigenvalue weighted by atomic mass is 10.0. The van der Waals surface area contributed by atoms with Crippen molar-refractivity contribution in [2.45, 2.75) is 18.4 Å². The van der Waals surface area contributed by atoms with Crippen molar-refractivity contribution in [2.75, 3.05) is 19.5 Å². The molecular formula is C21H21N3O3. The molecule has 27 heavy (non-hydrogen) atoms. The van der Waals surface area contributed by atoms with Crippen LogP contribution in [0.1, 0.15) is 18.4 Å². The van der Waals surface area contributed by atoms with Crippen LogP contribution in [0, 0.1) is 0 Å². The van der Waals surface area contributed by atoms with E-state index in [-0.39, 0.29) is 11.6 Å². The van der Waals surface area contributed by atoms with Crippen molar-refractivity contribution in [2.24, 2.45) is 0 Å². The van der Waals surface area contributed by atoms with Gasteiger partial charge in [-0.3, -0.25) is 4.98 Å². The predicted octanol–water partition coefficient (Wildman–Crippen LogP) is 4.06. The summed E-state index contributed by atoms with van der Waals surface area (Å²) in [6.07, 6.45) is 3.48. The first-order valence-corrected chi connectivity index (χ1v) is 8.81. The number of fused-ring (bicyclic) bond motifs is 1. The van der Waals surface area contributed by atoms with Gasteiger partial charge in [0.1, 0.15) is 0 Å². The minimum Gasteiger partial charge on any atom is -0.493 e. The van der Waals surface area contributed by atoms with Crippen LogP contribution in [0.3, 0.4) is 0 Å². The molecule has 4 rings (SSSR count). The minimum absolute atomic E-state index is 0.250. The van der Waals surface area contributed by atoms with Gasteiger partial charge in [0, 0.05) is 11.6 Å². The maximum absolute atomic E-state index is 12.7. The molecule has 0 saturated heterocycles. The molecule has 1 heterocycles. The van der Waals surface area contributed by atoms with Gasteiger partial charge in [-0.15, -0.1) is 0 Å². The number of para-hydroxylation sites is 1. The Hall–Kier alpha value is -3.28. The van der Waals surface area contributed by atoms with Crippen molar-refractivity contribution >= 4 is 22.6 Å². The summed E-state index contributed by atoms with van der Waals surface area (Å²) in [7, 11) is 3.21. The van der Waals surface area contributed by atoms with Gasteiger partial charge >= 0.3 is 6.03 Å². The number of methoxy groups -OCH3 is 2. The van der Waals surface area contributed by atoms with Crippen LogP contribution in [0.25, 0.3) is 10.9 Å². The number of benzene rings is 2. The molecule has 2 N–H and O–H groups in total. The van der Waals surface area contributed by atoms with Gasteiger partial charge in [-0.2, -0.15) is 0 Å². The second-order valence-electron chi connectivity index (χ2n) is 6.61. The molecule has 0 atom stereocenters. The van der Waals surface area contributed by atoms with E-state index in [9.17, 15) is 4.79 Å². The van der Waals surface area contributed by atoms with Crippen molar-refractivity contribution < 1.29 is 14.3 Å². The van der Waals surface area contributed by atoms with E-state index in [0.717, 1.165) is 29.3 Å². The highest BCUT2D eigenvalue weighted by atomic mass is 16.5. The third kappa shape index (κ3) is 3.26. The van der Waals surface area contributed by atoms with E-state index >= 15 is 0 Å². The summed E-state index contributed by atoms with van der Waals surface area (Å²) >= 11 is 0. The third-order valence-electron chi connectivity index (χ3n) is 4.92. The number of ether oxygens (including phenoxy) is 2. The lowest BCUT2D eigenvalue weighted by Crippen LogP contribution is -2.38. The Kier molecular flexibility index (Phi) is 4.32. The zero-order valence-corrected chi connectivity index (χ0v) is 15.3. The highest BCUT2D eigenvalue weighted by Crippen LogP contribution is 2.47. The molecular weight excluding hydrogens is 342 g/mol. The number of carbonyl (C=O) groups excluding carboxylic acids is 1. The molecule has 0 bridgehead atoms. The number of rotatable bonds is 5. The Balaban J connectivity index is 1.54. The Morgan fingerprint density at radius 2 is 1.81 bits per heavy atom. The van der Waals surface area contributed by atoms with E-state index in [0.29, 0.717) is 17.2 Å². The third-order valence-corrected chi connectivity index (χ3v) is 4.92. The van der Waals surface area contributed by atoms with Gasteiger partial charge in [-0.05, 0) is 42.7 Å². The van der Waals surface area contributed by atoms with Crippen LogP contribution in [0.2, 0.25) is 0 Å². The van der Waals surface area contributed by atoms with Crippen LogP contribution in [-0.2, 0) is 5.54 Å². The van der Waals surface area contributed by atoms with E-state index < -0.39 is 0 Å². The summed E-state index contributed by atoms with van der Waals surface area (Å²) in [5, 5.41) is 7.03. The average Bonchev–Trinajstić information content (AvgIpc) is 3.48. The Bertz CT molecular complexity index is 994. The minimum atomic E-state index is -0.373. The molecule has 1 fully saturated rings. The molecule has 6 nitrogen and oxygen atoms in total. The fourth-order valence-corrected chi connectivity index (χ4v) is 3.32. The SMILES string of the molecule is COc1ccc(C2(NC(=O)Nc3cccc4cccnc34)CC2)cc1OC. The number of anilines is 1. The van der Waals surface area contributed by atoms with Gasteiger partial charge in [0.05, 0.1) is 31.0 Å². The number of hydrogen-bond acceptors (Lipinski definition) is 4. The zero-order chi connectivity index (χ0) is 18.9. The average molecular weight is 363 g/mol. The standard InChI is InChI=1S/C21H21N3O3/c1-26-17-9-8-15(13-18(17)27-2)21(10-11-21)24-20(25)23-16-7-3-5-14-6-4-12-22-19(14)16/h3-9,12-13H,10-11H2,1-2H3,(H2,23,24,25). The maximum Gasteiger partial charge on any atom is 0.320 e. The van der Waals surface area contributed by atoms with Gasteiger partial charge in [0.25, 0.3) is 0 Å². The summed E-state index contributed by atoms with van der Waals surface area (Å²) in [4.78, 5) is 17.0. The number of hydrogen-bond donors (Lipinski definition) is 2. The van der Waals surface area contributed by atoms with Crippen LogP contribution in [0.15, 0.2) is 54.7 Å². The maximum atomic E-state index is 12.7. The second-order valence-corrected chi connectivity index (χ2v) is 6.61. The fraction of sp³-hybridized carbons (Fsp3) is 0.238. The topological polar surface area (TPSA) is 72.5 Å². The van der Waals surface area contributed by atoms with Crippen LogP contribution in [0.5, 0.6) is 11.5 Å². The summed E-state index contributed by atoms with van der Waals surface area (Å²) in [6.45, 7) is 0. The lowest BCUT2D eigenvalue weighted by Gasteiger charge is -2.20. The Morgan fingerprint density at radius 3 is 2.56 bits per heavy atom. The van der Waals surface area contributed by atoms with Crippen LogP contribution in [-0.4, -0.2) is 25.2 Å². The van der Waals surface area contributed by atoms with Gasteiger partial charge in [0.2, 0.25) is 0 Å². The molecule has 0 unspecified atom stereocenters. The van der Waals surface area contributed by atoms with E-state index in [1.807, 2.05) is 48.5 Å². The number of carbonyl (C=O) groups is 1. The molecule has 138 valence electrons. The fourth-order valence-electron chi connectivity index (χ4n) is 3.32. The highest BCUT2D eigenvalue weighted by molar-refractivity contribution is 5.99. The lowest BCUT2D eigenvalue weighted by molar-refractivity contribution is 0.247. The van der Waals surface area contributed by atoms with Gasteiger partial charge < -0.3 is 20.1 Å². The molecule has 0 radical (unpaired) electrons. The number of nitrogens with zero attached hydrogens (tertiary/aromatic N) is 1. The van der Waals surface area contributed by atoms with Gasteiger partial charge in [-0.1, -0.05) is 24.3 Å². The van der Waals surface area contributed by atoms with Crippen molar-refractivity contribution in [3.05, 3.63) is 60.3 Å². The Labute approximate surface area is 157 Å². The first-order valence-electron chi connectivity index (χ1n) is 8.81. The monoisotopic (exact) mass is 363 g/mol. The van der Waals surface area contributed by atoms with Gasteiger partial charge in [-0.25, -0.2) is 4.79 Å². The number of pyridine rings is 1. The van der Waals surface area contributed by atoms with E-state index in [1.165, 1.54) is 0 Å². The van der Waals surface area contributed by atoms with Crippen molar-refractivity contribution in [1.82, 2.24) is 10.3 Å². The number of aromatic nitrogens is 1. The molecule has 3 aromatic rings.